The predicted octanol–water partition coefficient (Wildman–Crippen LogP) is 2.56. The van der Waals surface area contributed by atoms with E-state index >= 15 is 0 Å². The molecule has 0 aliphatic heterocycles. The minimum absolute atomic E-state index is 0.144. The number of aromatic nitrogens is 3. The van der Waals surface area contributed by atoms with E-state index in [1.165, 1.54) is 25.4 Å². The zero-order valence-corrected chi connectivity index (χ0v) is 10.2. The van der Waals surface area contributed by atoms with Gasteiger partial charge in [-0.1, -0.05) is 28.3 Å². The van der Waals surface area contributed by atoms with Gasteiger partial charge in [0.2, 0.25) is 0 Å². The lowest BCUT2D eigenvalue weighted by molar-refractivity contribution is 0.373. The largest absolute Gasteiger partial charge is 0.505 e. The summed E-state index contributed by atoms with van der Waals surface area (Å²) in [6.07, 6.45) is 1.48. The first-order valence-corrected chi connectivity index (χ1v) is 5.29. The molecular formula is C10H7Cl2N3O2. The van der Waals surface area contributed by atoms with Crippen LogP contribution in [0.15, 0.2) is 18.3 Å². The molecule has 0 fully saturated rings. The molecule has 1 aromatic carbocycles. The normalized spacial score (nSPS) is 10.3. The maximum absolute atomic E-state index is 9.42. The number of hydrogen-bond donors (Lipinski definition) is 1. The molecule has 0 radical (unpaired) electrons. The third-order valence-electron chi connectivity index (χ3n) is 2.04. The number of aromatic hydroxyl groups is 1. The van der Waals surface area contributed by atoms with Crippen molar-refractivity contribution in [2.75, 3.05) is 7.11 Å². The Labute approximate surface area is 107 Å². The molecule has 1 N–H and O–H groups in total. The van der Waals surface area contributed by atoms with Crippen molar-refractivity contribution in [1.29, 1.82) is 0 Å². The third kappa shape index (κ3) is 2.40. The van der Waals surface area contributed by atoms with E-state index in [-0.39, 0.29) is 21.8 Å². The Morgan fingerprint density at radius 1 is 1.18 bits per heavy atom. The van der Waals surface area contributed by atoms with Crippen LogP contribution >= 0.6 is 23.2 Å². The van der Waals surface area contributed by atoms with E-state index in [2.05, 4.69) is 15.2 Å². The van der Waals surface area contributed by atoms with E-state index in [1.54, 1.807) is 0 Å². The molecule has 1 aromatic heterocycles. The van der Waals surface area contributed by atoms with Gasteiger partial charge < -0.3 is 9.84 Å². The van der Waals surface area contributed by atoms with Crippen LogP contribution in [-0.4, -0.2) is 27.4 Å². The van der Waals surface area contributed by atoms with Gasteiger partial charge in [0.15, 0.2) is 5.75 Å². The minimum Gasteiger partial charge on any atom is -0.505 e. The van der Waals surface area contributed by atoms with Gasteiger partial charge in [0.05, 0.1) is 23.4 Å². The highest BCUT2D eigenvalue weighted by molar-refractivity contribution is 6.37. The van der Waals surface area contributed by atoms with Gasteiger partial charge in [-0.3, -0.25) is 0 Å². The van der Waals surface area contributed by atoms with Gasteiger partial charge >= 0.3 is 6.01 Å². The molecule has 7 heteroatoms. The zero-order valence-electron chi connectivity index (χ0n) is 8.69. The second kappa shape index (κ2) is 4.73. The van der Waals surface area contributed by atoms with Gasteiger partial charge in [0.25, 0.3) is 0 Å². The maximum Gasteiger partial charge on any atom is 0.335 e. The molecule has 0 atom stereocenters. The smallest absolute Gasteiger partial charge is 0.335 e. The van der Waals surface area contributed by atoms with Gasteiger partial charge in [-0.05, 0) is 12.1 Å². The summed E-state index contributed by atoms with van der Waals surface area (Å²) < 4.78 is 4.79. The summed E-state index contributed by atoms with van der Waals surface area (Å²) in [6, 6.07) is 3.23. The highest BCUT2D eigenvalue weighted by atomic mass is 35.5. The zero-order chi connectivity index (χ0) is 12.4. The van der Waals surface area contributed by atoms with Crippen LogP contribution in [0, 0.1) is 0 Å². The van der Waals surface area contributed by atoms with Crippen LogP contribution in [0.25, 0.3) is 11.3 Å². The molecule has 0 saturated heterocycles. The van der Waals surface area contributed by atoms with Crippen molar-refractivity contribution in [2.45, 2.75) is 0 Å². The Morgan fingerprint density at radius 3 is 2.29 bits per heavy atom. The SMILES string of the molecule is COc1ncc(-c2cc(Cl)c(O)c(Cl)c2)nn1. The van der Waals surface area contributed by atoms with Crippen molar-refractivity contribution >= 4 is 23.2 Å². The van der Waals surface area contributed by atoms with Crippen LogP contribution in [-0.2, 0) is 0 Å². The van der Waals surface area contributed by atoms with Crippen LogP contribution in [0.5, 0.6) is 11.8 Å². The van der Waals surface area contributed by atoms with Gasteiger partial charge in [0.1, 0.15) is 5.69 Å². The van der Waals surface area contributed by atoms with E-state index in [9.17, 15) is 5.11 Å². The highest BCUT2D eigenvalue weighted by Crippen LogP contribution is 2.35. The molecule has 1 heterocycles. The molecule has 0 bridgehead atoms. The number of halogens is 2. The van der Waals surface area contributed by atoms with Crippen molar-refractivity contribution in [2.24, 2.45) is 0 Å². The van der Waals surface area contributed by atoms with Crippen LogP contribution in [0.1, 0.15) is 0 Å². The molecular weight excluding hydrogens is 265 g/mol. The fourth-order valence-corrected chi connectivity index (χ4v) is 1.69. The van der Waals surface area contributed by atoms with E-state index in [1.807, 2.05) is 0 Å². The van der Waals surface area contributed by atoms with E-state index in [4.69, 9.17) is 27.9 Å². The minimum atomic E-state index is -0.161. The average molecular weight is 272 g/mol. The van der Waals surface area contributed by atoms with Gasteiger partial charge in [0, 0.05) is 5.56 Å². The number of nitrogens with zero attached hydrogens (tertiary/aromatic N) is 3. The van der Waals surface area contributed by atoms with E-state index < -0.39 is 0 Å². The molecule has 2 aromatic rings. The van der Waals surface area contributed by atoms with Crippen molar-refractivity contribution < 1.29 is 9.84 Å². The van der Waals surface area contributed by atoms with E-state index in [0.717, 1.165) is 0 Å². The lowest BCUT2D eigenvalue weighted by Crippen LogP contribution is -1.95. The Hall–Kier alpha value is -1.59. The fraction of sp³-hybridized carbons (Fsp3) is 0.100. The molecule has 0 amide bonds. The number of benzene rings is 1. The second-order valence-electron chi connectivity index (χ2n) is 3.12. The van der Waals surface area contributed by atoms with Crippen molar-refractivity contribution in [3.8, 4) is 23.0 Å². The molecule has 0 aliphatic rings. The van der Waals surface area contributed by atoms with Gasteiger partial charge in [-0.15, -0.1) is 5.10 Å². The summed E-state index contributed by atoms with van der Waals surface area (Å²) in [5, 5.41) is 17.3. The monoisotopic (exact) mass is 271 g/mol. The lowest BCUT2D eigenvalue weighted by Gasteiger charge is -2.04. The molecule has 0 aliphatic carbocycles. The number of hydrogen-bond acceptors (Lipinski definition) is 5. The fourth-order valence-electron chi connectivity index (χ4n) is 1.20. The number of phenolic OH excluding ortho intramolecular Hbond substituents is 1. The summed E-state index contributed by atoms with van der Waals surface area (Å²) in [4.78, 5) is 3.91. The Bertz CT molecular complexity index is 523. The van der Waals surface area contributed by atoms with Gasteiger partial charge in [-0.25, -0.2) is 4.98 Å². The average Bonchev–Trinajstić information content (AvgIpc) is 2.35. The number of rotatable bonds is 2. The van der Waals surface area contributed by atoms with Crippen LogP contribution in [0.2, 0.25) is 10.0 Å². The summed E-state index contributed by atoms with van der Waals surface area (Å²) in [7, 11) is 1.45. The summed E-state index contributed by atoms with van der Waals surface area (Å²) in [6.45, 7) is 0. The Kier molecular flexibility index (Phi) is 3.31. The van der Waals surface area contributed by atoms with Crippen LogP contribution in [0.4, 0.5) is 0 Å². The van der Waals surface area contributed by atoms with Gasteiger partial charge in [-0.2, -0.15) is 0 Å². The highest BCUT2D eigenvalue weighted by Gasteiger charge is 2.10. The molecule has 5 nitrogen and oxygen atoms in total. The van der Waals surface area contributed by atoms with Crippen molar-refractivity contribution in [3.05, 3.63) is 28.4 Å². The Balaban J connectivity index is 2.45. The number of ether oxygens (including phenoxy) is 1. The third-order valence-corrected chi connectivity index (χ3v) is 2.61. The van der Waals surface area contributed by atoms with E-state index in [0.29, 0.717) is 11.3 Å². The number of methoxy groups -OCH3 is 1. The molecule has 2 rings (SSSR count). The summed E-state index contributed by atoms with van der Waals surface area (Å²) >= 11 is 11.6. The van der Waals surface area contributed by atoms with Crippen LogP contribution in [0.3, 0.4) is 0 Å². The first-order valence-electron chi connectivity index (χ1n) is 4.54. The molecule has 17 heavy (non-hydrogen) atoms. The second-order valence-corrected chi connectivity index (χ2v) is 3.93. The first kappa shape index (κ1) is 11.9. The quantitative estimate of drug-likeness (QED) is 0.909. The summed E-state index contributed by atoms with van der Waals surface area (Å²) in [5.74, 6) is -0.161. The molecule has 0 unspecified atom stereocenters. The van der Waals surface area contributed by atoms with Crippen molar-refractivity contribution in [1.82, 2.24) is 15.2 Å². The molecule has 88 valence electrons. The van der Waals surface area contributed by atoms with Crippen molar-refractivity contribution in [3.63, 3.8) is 0 Å². The topological polar surface area (TPSA) is 68.1 Å². The Morgan fingerprint density at radius 2 is 1.82 bits per heavy atom. The standard InChI is InChI=1S/C10H7Cl2N3O2/c1-17-10-13-4-8(14-15-10)5-2-6(11)9(16)7(12)3-5/h2-4,16H,1H3. The van der Waals surface area contributed by atoms with Crippen LogP contribution < -0.4 is 4.74 Å². The summed E-state index contributed by atoms with van der Waals surface area (Å²) in [5.41, 5.74) is 1.09. The molecule has 0 spiro atoms. The first-order chi connectivity index (χ1) is 8.11. The lowest BCUT2D eigenvalue weighted by atomic mass is 10.1. The number of phenols is 1. The maximum atomic E-state index is 9.42. The predicted molar refractivity (Wildman–Crippen MR) is 63.5 cm³/mol. The molecule has 0 saturated carbocycles.